The maximum absolute atomic E-state index is 12.8. The van der Waals surface area contributed by atoms with Gasteiger partial charge in [0.25, 0.3) is 0 Å². The second-order valence-electron chi connectivity index (χ2n) is 4.28. The molecular formula is C12H13FO4. The van der Waals surface area contributed by atoms with Gasteiger partial charge in [-0.05, 0) is 32.0 Å². The van der Waals surface area contributed by atoms with Crippen molar-refractivity contribution < 1.29 is 23.8 Å². The average molecular weight is 240 g/mol. The Kier molecular flexibility index (Phi) is 3.83. The van der Waals surface area contributed by atoms with E-state index < -0.39 is 17.2 Å². The summed E-state index contributed by atoms with van der Waals surface area (Å²) in [7, 11) is 0. The Morgan fingerprint density at radius 2 is 2.18 bits per heavy atom. The number of carbonyl (C=O) groups excluding carboxylic acids is 1. The summed E-state index contributed by atoms with van der Waals surface area (Å²) in [6.45, 7) is 2.90. The summed E-state index contributed by atoms with van der Waals surface area (Å²) in [4.78, 5) is 21.5. The van der Waals surface area contributed by atoms with E-state index >= 15 is 0 Å². The molecule has 0 fully saturated rings. The molecule has 1 aromatic rings. The van der Waals surface area contributed by atoms with Crippen LogP contribution in [0.15, 0.2) is 18.2 Å². The van der Waals surface area contributed by atoms with Crippen molar-refractivity contribution in [1.29, 1.82) is 0 Å². The minimum Gasteiger partial charge on any atom is -0.492 e. The fourth-order valence-corrected chi connectivity index (χ4v) is 1.06. The van der Waals surface area contributed by atoms with Crippen molar-refractivity contribution in [3.8, 4) is 5.75 Å². The van der Waals surface area contributed by atoms with Gasteiger partial charge in [-0.1, -0.05) is 0 Å². The number of carbonyl (C=O) groups is 2. The summed E-state index contributed by atoms with van der Waals surface area (Å²) in [5, 5.41) is 8.88. The zero-order chi connectivity index (χ0) is 13.1. The first kappa shape index (κ1) is 13.2. The molecule has 0 saturated carbocycles. The van der Waals surface area contributed by atoms with E-state index in [0.29, 0.717) is 6.29 Å². The maximum Gasteiger partial charge on any atom is 0.312 e. The van der Waals surface area contributed by atoms with Gasteiger partial charge in [0.15, 0.2) is 6.29 Å². The van der Waals surface area contributed by atoms with Gasteiger partial charge in [-0.25, -0.2) is 4.39 Å². The summed E-state index contributed by atoms with van der Waals surface area (Å²) in [5.74, 6) is -1.38. The Hall–Kier alpha value is -1.91. The van der Waals surface area contributed by atoms with Gasteiger partial charge in [0.1, 0.15) is 18.2 Å². The van der Waals surface area contributed by atoms with Gasteiger partial charge in [-0.15, -0.1) is 0 Å². The topological polar surface area (TPSA) is 63.6 Å². The molecule has 4 nitrogen and oxygen atoms in total. The van der Waals surface area contributed by atoms with E-state index in [1.807, 2.05) is 0 Å². The highest BCUT2D eigenvalue weighted by molar-refractivity contribution is 5.79. The lowest BCUT2D eigenvalue weighted by molar-refractivity contribution is -0.148. The predicted molar refractivity (Wildman–Crippen MR) is 58.7 cm³/mol. The summed E-state index contributed by atoms with van der Waals surface area (Å²) in [6, 6.07) is 3.49. The average Bonchev–Trinajstić information content (AvgIpc) is 2.27. The molecular weight excluding hydrogens is 227 g/mol. The number of aliphatic carboxylic acids is 1. The molecule has 0 heterocycles. The number of hydrogen-bond donors (Lipinski definition) is 1. The first-order chi connectivity index (χ1) is 7.86. The summed E-state index contributed by atoms with van der Waals surface area (Å²) in [5.41, 5.74) is -1.01. The molecule has 0 amide bonds. The van der Waals surface area contributed by atoms with Crippen LogP contribution in [0.4, 0.5) is 4.39 Å². The molecule has 0 saturated heterocycles. The summed E-state index contributed by atoms with van der Waals surface area (Å²) in [6.07, 6.45) is 0.464. The number of halogens is 1. The summed E-state index contributed by atoms with van der Waals surface area (Å²) < 4.78 is 18.1. The van der Waals surface area contributed by atoms with Crippen molar-refractivity contribution >= 4 is 12.3 Å². The lowest BCUT2D eigenvalue weighted by Gasteiger charge is -2.20. The fraction of sp³-hybridized carbons (Fsp3) is 0.333. The van der Waals surface area contributed by atoms with Gasteiger partial charge in [-0.2, -0.15) is 0 Å². The van der Waals surface area contributed by atoms with E-state index in [1.165, 1.54) is 19.9 Å². The molecule has 17 heavy (non-hydrogen) atoms. The SMILES string of the molecule is CC(C)(COc1ccc(F)cc1C=O)C(=O)O. The number of rotatable bonds is 5. The molecule has 92 valence electrons. The van der Waals surface area contributed by atoms with Crippen molar-refractivity contribution in [2.24, 2.45) is 5.41 Å². The Morgan fingerprint density at radius 3 is 2.71 bits per heavy atom. The first-order valence-electron chi connectivity index (χ1n) is 4.98. The number of ether oxygens (including phenoxy) is 1. The predicted octanol–water partition coefficient (Wildman–Crippen LogP) is 2.13. The van der Waals surface area contributed by atoms with Crippen LogP contribution in [0.2, 0.25) is 0 Å². The Morgan fingerprint density at radius 1 is 1.53 bits per heavy atom. The Balaban J connectivity index is 2.83. The first-order valence-corrected chi connectivity index (χ1v) is 4.98. The third kappa shape index (κ3) is 3.27. The molecule has 0 aliphatic heterocycles. The highest BCUT2D eigenvalue weighted by Crippen LogP contribution is 2.22. The van der Waals surface area contributed by atoms with Crippen molar-refractivity contribution in [3.05, 3.63) is 29.6 Å². The van der Waals surface area contributed by atoms with Crippen molar-refractivity contribution in [2.75, 3.05) is 6.61 Å². The Labute approximate surface area is 98.0 Å². The highest BCUT2D eigenvalue weighted by atomic mass is 19.1. The smallest absolute Gasteiger partial charge is 0.312 e. The molecule has 0 spiro atoms. The minimum absolute atomic E-state index is 0.0613. The number of carboxylic acids is 1. The highest BCUT2D eigenvalue weighted by Gasteiger charge is 2.28. The maximum atomic E-state index is 12.8. The number of hydrogen-bond acceptors (Lipinski definition) is 3. The van der Waals surface area contributed by atoms with Crippen molar-refractivity contribution in [3.63, 3.8) is 0 Å². The van der Waals surface area contributed by atoms with Gasteiger partial charge >= 0.3 is 5.97 Å². The molecule has 0 aliphatic carbocycles. The lowest BCUT2D eigenvalue weighted by Crippen LogP contribution is -2.30. The van der Waals surface area contributed by atoms with Crippen molar-refractivity contribution in [1.82, 2.24) is 0 Å². The molecule has 0 aromatic heterocycles. The van der Waals surface area contributed by atoms with E-state index in [0.717, 1.165) is 12.1 Å². The van der Waals surface area contributed by atoms with E-state index in [-0.39, 0.29) is 17.9 Å². The van der Waals surface area contributed by atoms with Gasteiger partial charge < -0.3 is 9.84 Å². The van der Waals surface area contributed by atoms with Gasteiger partial charge in [0.05, 0.1) is 11.0 Å². The minimum atomic E-state index is -1.07. The van der Waals surface area contributed by atoms with E-state index in [4.69, 9.17) is 9.84 Å². The number of aldehydes is 1. The summed E-state index contributed by atoms with van der Waals surface area (Å²) >= 11 is 0. The zero-order valence-electron chi connectivity index (χ0n) is 9.57. The fourth-order valence-electron chi connectivity index (χ4n) is 1.06. The molecule has 0 radical (unpaired) electrons. The van der Waals surface area contributed by atoms with Gasteiger partial charge in [0, 0.05) is 0 Å². The van der Waals surface area contributed by atoms with E-state index in [1.54, 1.807) is 0 Å². The number of carboxylic acid groups (broad SMARTS) is 1. The van der Waals surface area contributed by atoms with E-state index in [2.05, 4.69) is 0 Å². The molecule has 1 rings (SSSR count). The van der Waals surface area contributed by atoms with Crippen LogP contribution in [0.3, 0.4) is 0 Å². The largest absolute Gasteiger partial charge is 0.492 e. The van der Waals surface area contributed by atoms with Crippen LogP contribution in [-0.2, 0) is 4.79 Å². The molecule has 5 heteroatoms. The quantitative estimate of drug-likeness (QED) is 0.801. The third-order valence-electron chi connectivity index (χ3n) is 2.27. The molecule has 1 aromatic carbocycles. The molecule has 0 aliphatic rings. The molecule has 0 bridgehead atoms. The van der Waals surface area contributed by atoms with Gasteiger partial charge in [0.2, 0.25) is 0 Å². The van der Waals surface area contributed by atoms with Crippen LogP contribution < -0.4 is 4.74 Å². The Bertz CT molecular complexity index is 440. The second-order valence-corrected chi connectivity index (χ2v) is 4.28. The van der Waals surface area contributed by atoms with Crippen LogP contribution >= 0.6 is 0 Å². The van der Waals surface area contributed by atoms with Crippen molar-refractivity contribution in [2.45, 2.75) is 13.8 Å². The molecule has 0 unspecified atom stereocenters. The lowest BCUT2D eigenvalue weighted by atomic mass is 9.95. The standard InChI is InChI=1S/C12H13FO4/c1-12(2,11(15)16)7-17-10-4-3-9(13)5-8(10)6-14/h3-6H,7H2,1-2H3,(H,15,16). The normalized spacial score (nSPS) is 11.0. The number of benzene rings is 1. The van der Waals surface area contributed by atoms with E-state index in [9.17, 15) is 14.0 Å². The molecule has 1 N–H and O–H groups in total. The van der Waals surface area contributed by atoms with Crippen LogP contribution in [0.5, 0.6) is 5.75 Å². The van der Waals surface area contributed by atoms with Crippen LogP contribution in [0, 0.1) is 11.2 Å². The van der Waals surface area contributed by atoms with Crippen LogP contribution in [-0.4, -0.2) is 24.0 Å². The van der Waals surface area contributed by atoms with Crippen LogP contribution in [0.1, 0.15) is 24.2 Å². The monoisotopic (exact) mass is 240 g/mol. The second kappa shape index (κ2) is 4.95. The zero-order valence-corrected chi connectivity index (χ0v) is 9.57. The van der Waals surface area contributed by atoms with Crippen LogP contribution in [0.25, 0.3) is 0 Å². The van der Waals surface area contributed by atoms with Gasteiger partial charge in [-0.3, -0.25) is 9.59 Å². The molecule has 0 atom stereocenters. The third-order valence-corrected chi connectivity index (χ3v) is 2.27.